The number of unbranched alkanes of at least 4 members (excludes halogenated alkanes) is 7. The molecule has 0 unspecified atom stereocenters. The van der Waals surface area contributed by atoms with Gasteiger partial charge in [0.1, 0.15) is 12.4 Å². The topological polar surface area (TPSA) is 89.1 Å². The molecule has 0 aliphatic rings. The van der Waals surface area contributed by atoms with Crippen LogP contribution < -0.4 is 8.69 Å². The van der Waals surface area contributed by atoms with Gasteiger partial charge in [-0.15, -0.1) is 0 Å². The highest BCUT2D eigenvalue weighted by Crippen LogP contribution is 2.27. The molecular formula is C16H28F6N3O4S2+. The predicted octanol–water partition coefficient (Wildman–Crippen LogP) is 3.73. The summed E-state index contributed by atoms with van der Waals surface area (Å²) < 4.78 is 113. The molecule has 0 aliphatic heterocycles. The van der Waals surface area contributed by atoms with E-state index in [1.807, 2.05) is 0 Å². The van der Waals surface area contributed by atoms with E-state index >= 15 is 0 Å². The summed E-state index contributed by atoms with van der Waals surface area (Å²) in [7, 11) is -11.1. The minimum Gasteiger partial charge on any atom is -0.240 e. The van der Waals surface area contributed by atoms with Crippen LogP contribution in [0.15, 0.2) is 18.7 Å². The molecule has 15 heteroatoms. The Hall–Kier alpha value is -1.35. The van der Waals surface area contributed by atoms with Gasteiger partial charge in [-0.3, -0.25) is 0 Å². The maximum Gasteiger partial charge on any atom is 0.512 e. The number of aromatic nitrogens is 2. The van der Waals surface area contributed by atoms with E-state index in [1.54, 1.807) is 0 Å². The summed E-state index contributed by atoms with van der Waals surface area (Å²) in [4.78, 5) is 0. The number of hydrogen-bond acceptors (Lipinski definition) is 4. The number of imidazole rings is 1. The number of nitrogens with one attached hydrogen (secondary N) is 1. The smallest absolute Gasteiger partial charge is 0.240 e. The third-order valence-corrected chi connectivity index (χ3v) is 6.90. The second-order valence-electron chi connectivity index (χ2n) is 6.77. The van der Waals surface area contributed by atoms with E-state index < -0.39 is 35.2 Å². The summed E-state index contributed by atoms with van der Waals surface area (Å²) in [5.41, 5.74) is -12.3. The molecule has 1 aromatic rings. The van der Waals surface area contributed by atoms with Crippen molar-refractivity contribution in [3.8, 4) is 0 Å². The fourth-order valence-corrected chi connectivity index (χ4v) is 4.21. The third-order valence-electron chi connectivity index (χ3n) is 3.92. The highest BCUT2D eigenvalue weighted by atomic mass is 32.3. The number of aryl methyl sites for hydroxylation is 2. The van der Waals surface area contributed by atoms with Crippen molar-refractivity contribution in [2.45, 2.75) is 75.9 Å². The summed E-state index contributed by atoms with van der Waals surface area (Å²) >= 11 is 0. The lowest BCUT2D eigenvalue weighted by atomic mass is 10.1. The Balaban J connectivity index is 0.000000582. The molecule has 31 heavy (non-hydrogen) atoms. The van der Waals surface area contributed by atoms with Crippen molar-refractivity contribution in [3.05, 3.63) is 18.7 Å². The first-order chi connectivity index (χ1) is 14.0. The number of halogens is 6. The van der Waals surface area contributed by atoms with E-state index in [-0.39, 0.29) is 0 Å². The Labute approximate surface area is 178 Å². The number of sulfonamides is 2. The van der Waals surface area contributed by atoms with Crippen molar-refractivity contribution in [1.29, 1.82) is 0 Å². The first-order valence-electron chi connectivity index (χ1n) is 9.45. The average Bonchev–Trinajstić information content (AvgIpc) is 3.00. The van der Waals surface area contributed by atoms with Gasteiger partial charge in [-0.25, -0.2) is 26.0 Å². The Morgan fingerprint density at radius 2 is 1.23 bits per heavy atom. The maximum atomic E-state index is 11.5. The average molecular weight is 505 g/mol. The van der Waals surface area contributed by atoms with Crippen LogP contribution in [-0.4, -0.2) is 32.4 Å². The Kier molecular flexibility index (Phi) is 12.1. The van der Waals surface area contributed by atoms with Crippen molar-refractivity contribution in [2.75, 3.05) is 0 Å². The van der Waals surface area contributed by atoms with Crippen LogP contribution in [-0.2, 0) is 33.6 Å². The van der Waals surface area contributed by atoms with Gasteiger partial charge in [0, 0.05) is 0 Å². The van der Waals surface area contributed by atoms with Gasteiger partial charge in [0.05, 0.1) is 13.6 Å². The van der Waals surface area contributed by atoms with Crippen LogP contribution in [0.5, 0.6) is 0 Å². The molecule has 1 aromatic heterocycles. The van der Waals surface area contributed by atoms with Crippen molar-refractivity contribution in [2.24, 2.45) is 7.05 Å². The summed E-state index contributed by atoms with van der Waals surface area (Å²) in [5, 5.41) is 0. The fourth-order valence-electron chi connectivity index (χ4n) is 2.30. The molecule has 0 amide bonds. The summed E-state index contributed by atoms with van der Waals surface area (Å²) in [5.74, 6) is 0. The minimum atomic E-state index is -6.60. The van der Waals surface area contributed by atoms with Crippen LogP contribution in [0.2, 0.25) is 0 Å². The van der Waals surface area contributed by atoms with E-state index in [1.165, 1.54) is 57.9 Å². The van der Waals surface area contributed by atoms with Gasteiger partial charge < -0.3 is 0 Å². The lowest BCUT2D eigenvalue weighted by molar-refractivity contribution is -0.671. The predicted molar refractivity (Wildman–Crippen MR) is 101 cm³/mol. The van der Waals surface area contributed by atoms with Gasteiger partial charge in [-0.2, -0.15) is 26.3 Å². The number of alkyl halides is 6. The molecule has 7 nitrogen and oxygen atoms in total. The lowest BCUT2D eigenvalue weighted by Crippen LogP contribution is -2.45. The highest BCUT2D eigenvalue weighted by Gasteiger charge is 2.55. The van der Waals surface area contributed by atoms with Gasteiger partial charge in [-0.05, 0) is 12.8 Å². The van der Waals surface area contributed by atoms with Crippen molar-refractivity contribution >= 4 is 20.0 Å². The Bertz CT molecular complexity index is 807. The monoisotopic (exact) mass is 504 g/mol. The van der Waals surface area contributed by atoms with Gasteiger partial charge in [0.2, 0.25) is 6.33 Å². The van der Waals surface area contributed by atoms with Crippen molar-refractivity contribution in [3.63, 3.8) is 0 Å². The lowest BCUT2D eigenvalue weighted by Gasteiger charge is -2.11. The van der Waals surface area contributed by atoms with E-state index in [4.69, 9.17) is 0 Å². The zero-order chi connectivity index (χ0) is 24.3. The Morgan fingerprint density at radius 1 is 0.806 bits per heavy atom. The van der Waals surface area contributed by atoms with E-state index in [2.05, 4.69) is 41.8 Å². The van der Waals surface area contributed by atoms with Crippen LogP contribution >= 0.6 is 0 Å². The molecule has 0 radical (unpaired) electrons. The normalized spacial score (nSPS) is 13.0. The fraction of sp³-hybridized carbons (Fsp3) is 0.812. The minimum absolute atomic E-state index is 0.493. The van der Waals surface area contributed by atoms with E-state index in [0.29, 0.717) is 0 Å². The van der Waals surface area contributed by atoms with Crippen LogP contribution in [0.4, 0.5) is 26.3 Å². The summed E-state index contributed by atoms with van der Waals surface area (Å²) in [6.45, 7) is 3.45. The largest absolute Gasteiger partial charge is 0.512 e. The standard InChI is InChI=1S/C14H27N2.C2HF6NO4S2/c1-3-4-5-6-7-8-9-10-11-16-13-12-15(2)14-16;3-1(4,5)14(10,11)9-15(12,13)2(6,7)8/h12-14H,3-11H2,1-2H3;9H/q+1;. The van der Waals surface area contributed by atoms with Crippen LogP contribution in [0.1, 0.15) is 58.3 Å². The van der Waals surface area contributed by atoms with Crippen LogP contribution in [0, 0.1) is 0 Å². The molecule has 0 bridgehead atoms. The molecule has 0 saturated carbocycles. The molecule has 0 aromatic carbocycles. The molecule has 0 fully saturated rings. The van der Waals surface area contributed by atoms with Crippen LogP contribution in [0.25, 0.3) is 0 Å². The van der Waals surface area contributed by atoms with E-state index in [0.717, 1.165) is 0 Å². The van der Waals surface area contributed by atoms with Gasteiger partial charge >= 0.3 is 31.1 Å². The third kappa shape index (κ3) is 11.7. The molecule has 0 aliphatic carbocycles. The molecule has 1 rings (SSSR count). The summed E-state index contributed by atoms with van der Waals surface area (Å²) in [6.07, 6.45) is 17.6. The SMILES string of the molecule is CCCCCCCCCCn1cc[n+](C)c1.O=S(=O)(NS(=O)(=O)C(F)(F)F)C(F)(F)F. The summed E-state index contributed by atoms with van der Waals surface area (Å²) in [6, 6.07) is 0. The molecule has 0 spiro atoms. The van der Waals surface area contributed by atoms with Gasteiger partial charge in [0.15, 0.2) is 0 Å². The molecule has 0 saturated heterocycles. The first-order valence-corrected chi connectivity index (χ1v) is 12.4. The van der Waals surface area contributed by atoms with Gasteiger partial charge in [0.25, 0.3) is 0 Å². The zero-order valence-electron chi connectivity index (χ0n) is 17.2. The number of hydrogen-bond donors (Lipinski definition) is 1. The van der Waals surface area contributed by atoms with Crippen molar-refractivity contribution in [1.82, 2.24) is 8.69 Å². The second-order valence-corrected chi connectivity index (χ2v) is 10.4. The molecule has 1 N–H and O–H groups in total. The quantitative estimate of drug-likeness (QED) is 0.283. The first kappa shape index (κ1) is 29.7. The van der Waals surface area contributed by atoms with Gasteiger partial charge in [-0.1, -0.05) is 49.6 Å². The Morgan fingerprint density at radius 3 is 1.58 bits per heavy atom. The van der Waals surface area contributed by atoms with E-state index in [9.17, 15) is 43.2 Å². The molecule has 1 heterocycles. The number of rotatable bonds is 11. The highest BCUT2D eigenvalue weighted by molar-refractivity contribution is 8.05. The van der Waals surface area contributed by atoms with Crippen molar-refractivity contribution < 1.29 is 47.7 Å². The molecule has 0 atom stereocenters. The number of nitrogens with zero attached hydrogens (tertiary/aromatic N) is 2. The van der Waals surface area contributed by atoms with Crippen LogP contribution in [0.3, 0.4) is 0 Å². The maximum absolute atomic E-state index is 11.5. The second kappa shape index (κ2) is 12.6. The molecular weight excluding hydrogens is 476 g/mol. The zero-order valence-corrected chi connectivity index (χ0v) is 18.8. The molecule has 184 valence electrons.